The summed E-state index contributed by atoms with van der Waals surface area (Å²) in [4.78, 5) is 25.4. The molecule has 0 amide bonds. The smallest absolute Gasteiger partial charge is 0.167 e. The first-order chi connectivity index (χ1) is 23.0. The van der Waals surface area contributed by atoms with E-state index in [1.807, 2.05) is 39.8 Å². The van der Waals surface area contributed by atoms with E-state index in [1.54, 1.807) is 0 Å². The summed E-state index contributed by atoms with van der Waals surface area (Å²) in [5, 5.41) is 64.9. The first-order valence-electron chi connectivity index (χ1n) is 15.4. The van der Waals surface area contributed by atoms with Crippen LogP contribution >= 0.6 is 0 Å². The van der Waals surface area contributed by atoms with Crippen molar-refractivity contribution in [2.45, 2.75) is 76.8 Å². The van der Waals surface area contributed by atoms with Gasteiger partial charge in [-0.05, 0) is 27.7 Å². The Bertz CT molecular complexity index is 1610. The SMILES string of the molecule is CC(C)=CCNc1ncnc2c1ncn2C1OC(CO)C(O)C1O.CC(C)=CCNc1ncnc2c1ncn2C1OC(CO)C(O)C1O.O. The van der Waals surface area contributed by atoms with Gasteiger partial charge in [0.2, 0.25) is 0 Å². The predicted octanol–water partition coefficient (Wildman–Crippen LogP) is -1.19. The van der Waals surface area contributed by atoms with E-state index in [-0.39, 0.29) is 18.7 Å². The topological polar surface area (TPSA) is 283 Å². The lowest BCUT2D eigenvalue weighted by atomic mass is 10.1. The monoisotopic (exact) mass is 688 g/mol. The lowest BCUT2D eigenvalue weighted by molar-refractivity contribution is -0.0511. The third-order valence-corrected chi connectivity index (χ3v) is 7.86. The van der Waals surface area contributed by atoms with Crippen molar-refractivity contribution >= 4 is 34.0 Å². The van der Waals surface area contributed by atoms with Crippen LogP contribution in [0.1, 0.15) is 40.2 Å². The van der Waals surface area contributed by atoms with Crippen LogP contribution < -0.4 is 10.6 Å². The van der Waals surface area contributed by atoms with Gasteiger partial charge in [-0.3, -0.25) is 9.13 Å². The highest BCUT2D eigenvalue weighted by atomic mass is 16.6. The maximum absolute atomic E-state index is 10.2. The molecule has 268 valence electrons. The number of rotatable bonds is 10. The second kappa shape index (κ2) is 16.5. The zero-order valence-corrected chi connectivity index (χ0v) is 27.5. The van der Waals surface area contributed by atoms with Gasteiger partial charge in [0.15, 0.2) is 46.4 Å². The lowest BCUT2D eigenvalue weighted by Gasteiger charge is -2.16. The number of anilines is 2. The highest BCUT2D eigenvalue weighted by Gasteiger charge is 2.45. The Morgan fingerprint density at radius 3 is 1.37 bits per heavy atom. The van der Waals surface area contributed by atoms with E-state index in [0.717, 1.165) is 0 Å². The number of aliphatic hydroxyl groups excluding tert-OH is 6. The Labute approximate surface area is 280 Å². The number of imidazole rings is 2. The molecule has 4 aromatic rings. The lowest BCUT2D eigenvalue weighted by Crippen LogP contribution is -2.33. The number of fused-ring (bicyclic) bond motifs is 2. The maximum Gasteiger partial charge on any atom is 0.167 e. The molecule has 6 rings (SSSR count). The number of hydrogen-bond acceptors (Lipinski definition) is 16. The summed E-state index contributed by atoms with van der Waals surface area (Å²) in [7, 11) is 0. The number of hydrogen-bond donors (Lipinski definition) is 8. The van der Waals surface area contributed by atoms with Gasteiger partial charge in [-0.15, -0.1) is 0 Å². The molecule has 2 saturated heterocycles. The molecule has 2 fully saturated rings. The van der Waals surface area contributed by atoms with Gasteiger partial charge in [0.25, 0.3) is 0 Å². The Kier molecular flexibility index (Phi) is 12.7. The van der Waals surface area contributed by atoms with Crippen molar-refractivity contribution in [3.8, 4) is 0 Å². The summed E-state index contributed by atoms with van der Waals surface area (Å²) in [6.07, 6.45) is 1.65. The van der Waals surface area contributed by atoms with E-state index >= 15 is 0 Å². The Hall–Kier alpha value is -4.18. The molecule has 0 spiro atoms. The quantitative estimate of drug-likeness (QED) is 0.0909. The molecular formula is C30H44N10O9. The fraction of sp³-hybridized carbons (Fsp3) is 0.533. The van der Waals surface area contributed by atoms with Crippen LogP contribution in [0.2, 0.25) is 0 Å². The molecule has 6 heterocycles. The van der Waals surface area contributed by atoms with Gasteiger partial charge in [-0.2, -0.15) is 0 Å². The van der Waals surface area contributed by atoms with Crippen LogP contribution in [0.5, 0.6) is 0 Å². The van der Waals surface area contributed by atoms with Gasteiger partial charge in [0.1, 0.15) is 49.3 Å². The average Bonchev–Trinajstić information content (AvgIpc) is 3.82. The number of nitrogens with one attached hydrogen (secondary N) is 2. The van der Waals surface area contributed by atoms with E-state index < -0.39 is 49.1 Å². The molecule has 0 aromatic carbocycles. The minimum Gasteiger partial charge on any atom is -0.412 e. The number of ether oxygens (including phenoxy) is 2. The fourth-order valence-electron chi connectivity index (χ4n) is 5.26. The molecule has 10 N–H and O–H groups in total. The minimum atomic E-state index is -1.18. The first kappa shape index (κ1) is 37.6. The number of allylic oxidation sites excluding steroid dienone is 2. The van der Waals surface area contributed by atoms with Gasteiger partial charge in [-0.25, -0.2) is 29.9 Å². The minimum absolute atomic E-state index is 0. The van der Waals surface area contributed by atoms with Crippen molar-refractivity contribution in [1.29, 1.82) is 0 Å². The van der Waals surface area contributed by atoms with E-state index in [0.29, 0.717) is 47.1 Å². The molecule has 2 aliphatic heterocycles. The van der Waals surface area contributed by atoms with E-state index in [9.17, 15) is 30.6 Å². The zero-order chi connectivity index (χ0) is 34.5. The Morgan fingerprint density at radius 1 is 0.653 bits per heavy atom. The van der Waals surface area contributed by atoms with Crippen LogP contribution in [-0.2, 0) is 9.47 Å². The van der Waals surface area contributed by atoms with E-state index in [2.05, 4.69) is 40.5 Å². The Morgan fingerprint density at radius 2 is 1.04 bits per heavy atom. The van der Waals surface area contributed by atoms with E-state index in [4.69, 9.17) is 9.47 Å². The molecule has 8 unspecified atom stereocenters. The van der Waals surface area contributed by atoms with Crippen molar-refractivity contribution in [2.75, 3.05) is 36.9 Å². The molecule has 49 heavy (non-hydrogen) atoms. The third kappa shape index (κ3) is 8.01. The number of aromatic nitrogens is 8. The zero-order valence-electron chi connectivity index (χ0n) is 27.5. The van der Waals surface area contributed by atoms with Gasteiger partial charge < -0.3 is 56.2 Å². The van der Waals surface area contributed by atoms with Crippen LogP contribution in [0.25, 0.3) is 22.3 Å². The summed E-state index contributed by atoms with van der Waals surface area (Å²) in [5.41, 5.74) is 4.39. The Balaban J connectivity index is 0.000000216. The molecule has 0 saturated carbocycles. The second-order valence-corrected chi connectivity index (χ2v) is 11.9. The van der Waals surface area contributed by atoms with Crippen molar-refractivity contribution in [3.05, 3.63) is 48.6 Å². The molecule has 2 aliphatic rings. The molecule has 8 atom stereocenters. The molecule has 19 heteroatoms. The van der Waals surface area contributed by atoms with Gasteiger partial charge in [0.05, 0.1) is 25.9 Å². The highest BCUT2D eigenvalue weighted by Crippen LogP contribution is 2.33. The third-order valence-electron chi connectivity index (χ3n) is 7.86. The normalized spacial score (nSPS) is 26.2. The summed E-state index contributed by atoms with van der Waals surface area (Å²) in [5.74, 6) is 1.14. The van der Waals surface area contributed by atoms with Crippen molar-refractivity contribution in [2.24, 2.45) is 0 Å². The first-order valence-corrected chi connectivity index (χ1v) is 15.4. The van der Waals surface area contributed by atoms with Gasteiger partial charge in [-0.1, -0.05) is 23.3 Å². The van der Waals surface area contributed by atoms with Crippen molar-refractivity contribution in [1.82, 2.24) is 39.0 Å². The number of aliphatic hydroxyl groups is 6. The predicted molar refractivity (Wildman–Crippen MR) is 176 cm³/mol. The molecule has 19 nitrogen and oxygen atoms in total. The fourth-order valence-corrected chi connectivity index (χ4v) is 5.26. The van der Waals surface area contributed by atoms with Crippen LogP contribution in [0.3, 0.4) is 0 Å². The van der Waals surface area contributed by atoms with Crippen LogP contribution in [0, 0.1) is 0 Å². The van der Waals surface area contributed by atoms with Crippen LogP contribution in [-0.4, -0.2) is 138 Å². The van der Waals surface area contributed by atoms with Gasteiger partial charge in [0, 0.05) is 13.1 Å². The molecular weight excluding hydrogens is 644 g/mol. The van der Waals surface area contributed by atoms with Crippen molar-refractivity contribution < 1.29 is 45.6 Å². The second-order valence-electron chi connectivity index (χ2n) is 11.9. The summed E-state index contributed by atoms with van der Waals surface area (Å²) in [6.45, 7) is 8.48. The molecule has 0 radical (unpaired) electrons. The summed E-state index contributed by atoms with van der Waals surface area (Å²) in [6, 6.07) is 0. The molecule has 4 aromatic heterocycles. The van der Waals surface area contributed by atoms with Crippen molar-refractivity contribution in [3.63, 3.8) is 0 Å². The largest absolute Gasteiger partial charge is 0.412 e. The van der Waals surface area contributed by atoms with Crippen LogP contribution in [0.4, 0.5) is 11.6 Å². The summed E-state index contributed by atoms with van der Waals surface area (Å²) >= 11 is 0. The average molecular weight is 689 g/mol. The van der Waals surface area contributed by atoms with Crippen LogP contribution in [0.15, 0.2) is 48.6 Å². The summed E-state index contributed by atoms with van der Waals surface area (Å²) < 4.78 is 14.1. The maximum atomic E-state index is 10.2. The van der Waals surface area contributed by atoms with Gasteiger partial charge >= 0.3 is 0 Å². The molecule has 0 bridgehead atoms. The highest BCUT2D eigenvalue weighted by molar-refractivity contribution is 5.83. The molecule has 0 aliphatic carbocycles. The standard InChI is InChI=1S/2C15H21N5O4.H2O/c2*1-8(2)3-4-16-13-10-14(18-6-17-13)20(7-19-10)15-12(23)11(22)9(5-21)24-15;/h2*3,6-7,9,11-12,15,21-23H,4-5H2,1-2H3,(H,16,17,18);1H2. The van der Waals surface area contributed by atoms with E-state index in [1.165, 1.54) is 45.6 Å². The number of nitrogens with zero attached hydrogens (tertiary/aromatic N) is 8.